The first-order chi connectivity index (χ1) is 16.1. The molecule has 0 radical (unpaired) electrons. The molecule has 0 unspecified atom stereocenters. The Hall–Kier alpha value is -4.00. The maximum Gasteiger partial charge on any atom is 0.258 e. The SMILES string of the molecule is COc1ccc(CN2C(=O)[C@@H](NC(=O)COc3ccccc3)[C@H]2c2ccccc2)cc1OC. The topological polar surface area (TPSA) is 77.1 Å². The van der Waals surface area contributed by atoms with Gasteiger partial charge in [0.1, 0.15) is 11.8 Å². The summed E-state index contributed by atoms with van der Waals surface area (Å²) in [6.07, 6.45) is 0. The van der Waals surface area contributed by atoms with Crippen LogP contribution in [-0.2, 0) is 16.1 Å². The van der Waals surface area contributed by atoms with Crippen LogP contribution in [0.5, 0.6) is 17.2 Å². The molecule has 2 atom stereocenters. The van der Waals surface area contributed by atoms with Crippen molar-refractivity contribution in [3.05, 3.63) is 90.0 Å². The second kappa shape index (κ2) is 10.1. The fourth-order valence-corrected chi connectivity index (χ4v) is 3.94. The number of carbonyl (C=O) groups is 2. The molecule has 0 spiro atoms. The molecule has 7 nitrogen and oxygen atoms in total. The maximum atomic E-state index is 13.1. The zero-order valence-corrected chi connectivity index (χ0v) is 18.6. The van der Waals surface area contributed by atoms with Crippen molar-refractivity contribution in [2.24, 2.45) is 0 Å². The number of rotatable bonds is 9. The van der Waals surface area contributed by atoms with Gasteiger partial charge in [0.25, 0.3) is 5.91 Å². The fraction of sp³-hybridized carbons (Fsp3) is 0.231. The van der Waals surface area contributed by atoms with Crippen molar-refractivity contribution in [3.63, 3.8) is 0 Å². The molecule has 1 heterocycles. The molecule has 1 aliphatic rings. The molecule has 0 aromatic heterocycles. The summed E-state index contributed by atoms with van der Waals surface area (Å²) in [7, 11) is 3.16. The van der Waals surface area contributed by atoms with Gasteiger partial charge in [-0.2, -0.15) is 0 Å². The Morgan fingerprint density at radius 3 is 2.24 bits per heavy atom. The van der Waals surface area contributed by atoms with Crippen LogP contribution in [-0.4, -0.2) is 43.6 Å². The van der Waals surface area contributed by atoms with Crippen molar-refractivity contribution < 1.29 is 23.8 Å². The Morgan fingerprint density at radius 2 is 1.58 bits per heavy atom. The Labute approximate surface area is 192 Å². The zero-order valence-electron chi connectivity index (χ0n) is 18.6. The Morgan fingerprint density at radius 1 is 0.909 bits per heavy atom. The molecule has 1 saturated heterocycles. The average Bonchev–Trinajstić information content (AvgIpc) is 2.87. The van der Waals surface area contributed by atoms with Gasteiger partial charge in [-0.05, 0) is 35.4 Å². The summed E-state index contributed by atoms with van der Waals surface area (Å²) in [5, 5.41) is 2.84. The van der Waals surface area contributed by atoms with Gasteiger partial charge >= 0.3 is 0 Å². The largest absolute Gasteiger partial charge is 0.493 e. The molecule has 1 fully saturated rings. The number of likely N-dealkylation sites (tertiary alicyclic amines) is 1. The molecule has 1 aliphatic heterocycles. The second-order valence-electron chi connectivity index (χ2n) is 7.66. The van der Waals surface area contributed by atoms with Gasteiger partial charge in [-0.1, -0.05) is 54.6 Å². The first-order valence-electron chi connectivity index (χ1n) is 10.6. The molecule has 0 bridgehead atoms. The van der Waals surface area contributed by atoms with Crippen molar-refractivity contribution in [2.75, 3.05) is 20.8 Å². The number of nitrogens with zero attached hydrogens (tertiary/aromatic N) is 1. The van der Waals surface area contributed by atoms with Gasteiger partial charge < -0.3 is 24.4 Å². The van der Waals surface area contributed by atoms with Gasteiger partial charge in [-0.3, -0.25) is 9.59 Å². The summed E-state index contributed by atoms with van der Waals surface area (Å²) in [6, 6.07) is 23.4. The third-order valence-corrected chi connectivity index (χ3v) is 5.57. The van der Waals surface area contributed by atoms with Crippen LogP contribution in [0.2, 0.25) is 0 Å². The summed E-state index contributed by atoms with van der Waals surface area (Å²) in [4.78, 5) is 27.3. The highest BCUT2D eigenvalue weighted by Gasteiger charge is 2.48. The van der Waals surface area contributed by atoms with Crippen molar-refractivity contribution in [2.45, 2.75) is 18.6 Å². The van der Waals surface area contributed by atoms with Crippen LogP contribution in [0, 0.1) is 0 Å². The number of carbonyl (C=O) groups excluding carboxylic acids is 2. The van der Waals surface area contributed by atoms with E-state index in [0.29, 0.717) is 23.8 Å². The van der Waals surface area contributed by atoms with Gasteiger partial charge in [0, 0.05) is 6.54 Å². The molecule has 0 aliphatic carbocycles. The predicted octanol–water partition coefficient (Wildman–Crippen LogP) is 3.35. The third kappa shape index (κ3) is 4.92. The fourth-order valence-electron chi connectivity index (χ4n) is 3.94. The molecule has 7 heteroatoms. The monoisotopic (exact) mass is 446 g/mol. The lowest BCUT2D eigenvalue weighted by Crippen LogP contribution is -2.65. The summed E-state index contributed by atoms with van der Waals surface area (Å²) in [5.74, 6) is 1.33. The number of methoxy groups -OCH3 is 2. The van der Waals surface area contributed by atoms with Crippen LogP contribution >= 0.6 is 0 Å². The molecular weight excluding hydrogens is 420 g/mol. The Balaban J connectivity index is 1.48. The number of hydrogen-bond donors (Lipinski definition) is 1. The average molecular weight is 447 g/mol. The highest BCUT2D eigenvalue weighted by molar-refractivity contribution is 5.94. The molecule has 1 N–H and O–H groups in total. The lowest BCUT2D eigenvalue weighted by Gasteiger charge is -2.47. The quantitative estimate of drug-likeness (QED) is 0.510. The third-order valence-electron chi connectivity index (χ3n) is 5.57. The van der Waals surface area contributed by atoms with E-state index in [1.165, 1.54) is 0 Å². The van der Waals surface area contributed by atoms with E-state index in [1.54, 1.807) is 31.3 Å². The molecular formula is C26H26N2O5. The number of nitrogens with one attached hydrogen (secondary N) is 1. The normalized spacial score (nSPS) is 17.2. The van der Waals surface area contributed by atoms with Crippen molar-refractivity contribution in [3.8, 4) is 17.2 Å². The molecule has 2 amide bonds. The lowest BCUT2D eigenvalue weighted by atomic mass is 9.87. The molecule has 170 valence electrons. The van der Waals surface area contributed by atoms with Crippen LogP contribution in [0.4, 0.5) is 0 Å². The van der Waals surface area contributed by atoms with Gasteiger partial charge in [-0.25, -0.2) is 0 Å². The minimum absolute atomic E-state index is 0.147. The second-order valence-corrected chi connectivity index (χ2v) is 7.66. The van der Waals surface area contributed by atoms with E-state index in [-0.39, 0.29) is 24.5 Å². The van der Waals surface area contributed by atoms with Crippen molar-refractivity contribution in [1.29, 1.82) is 0 Å². The standard InChI is InChI=1S/C26H26N2O5/c1-31-21-14-13-18(15-22(21)32-2)16-28-25(19-9-5-3-6-10-19)24(26(28)30)27-23(29)17-33-20-11-7-4-8-12-20/h3-15,24-25H,16-17H2,1-2H3,(H,27,29)/t24-,25+/m0/s1. The van der Waals surface area contributed by atoms with Crippen LogP contribution in [0.15, 0.2) is 78.9 Å². The Bertz CT molecular complexity index is 1100. The summed E-state index contributed by atoms with van der Waals surface area (Å²) >= 11 is 0. The van der Waals surface area contributed by atoms with E-state index in [2.05, 4.69) is 5.32 Å². The summed E-state index contributed by atoms with van der Waals surface area (Å²) in [6.45, 7) is 0.219. The van der Waals surface area contributed by atoms with Crippen LogP contribution in [0.25, 0.3) is 0 Å². The Kier molecular flexibility index (Phi) is 6.78. The first kappa shape index (κ1) is 22.2. The number of hydrogen-bond acceptors (Lipinski definition) is 5. The smallest absolute Gasteiger partial charge is 0.258 e. The first-order valence-corrected chi connectivity index (χ1v) is 10.6. The zero-order chi connectivity index (χ0) is 23.2. The van der Waals surface area contributed by atoms with Crippen LogP contribution in [0.3, 0.4) is 0 Å². The van der Waals surface area contributed by atoms with Gasteiger partial charge in [-0.15, -0.1) is 0 Å². The van der Waals surface area contributed by atoms with Crippen molar-refractivity contribution in [1.82, 2.24) is 10.2 Å². The van der Waals surface area contributed by atoms with Crippen LogP contribution < -0.4 is 19.5 Å². The minimum atomic E-state index is -0.653. The number of β-lactam (4-membered cyclic amide) rings is 1. The summed E-state index contributed by atoms with van der Waals surface area (Å²) < 4.78 is 16.2. The molecule has 4 rings (SSSR count). The lowest BCUT2D eigenvalue weighted by molar-refractivity contribution is -0.155. The molecule has 3 aromatic carbocycles. The van der Waals surface area contributed by atoms with E-state index in [9.17, 15) is 9.59 Å². The van der Waals surface area contributed by atoms with Crippen LogP contribution in [0.1, 0.15) is 17.2 Å². The predicted molar refractivity (Wildman–Crippen MR) is 123 cm³/mol. The highest BCUT2D eigenvalue weighted by atomic mass is 16.5. The molecule has 33 heavy (non-hydrogen) atoms. The van der Waals surface area contributed by atoms with E-state index in [4.69, 9.17) is 14.2 Å². The molecule has 0 saturated carbocycles. The van der Waals surface area contributed by atoms with E-state index >= 15 is 0 Å². The number of benzene rings is 3. The van der Waals surface area contributed by atoms with E-state index in [1.807, 2.05) is 66.7 Å². The van der Waals surface area contributed by atoms with Gasteiger partial charge in [0.05, 0.1) is 20.3 Å². The summed E-state index contributed by atoms with van der Waals surface area (Å²) in [5.41, 5.74) is 1.85. The van der Waals surface area contributed by atoms with E-state index in [0.717, 1.165) is 11.1 Å². The number of amides is 2. The minimum Gasteiger partial charge on any atom is -0.493 e. The van der Waals surface area contributed by atoms with E-state index < -0.39 is 6.04 Å². The van der Waals surface area contributed by atoms with Crippen molar-refractivity contribution >= 4 is 11.8 Å². The maximum absolute atomic E-state index is 13.1. The number of ether oxygens (including phenoxy) is 3. The molecule has 3 aromatic rings. The van der Waals surface area contributed by atoms with Gasteiger partial charge in [0.15, 0.2) is 18.1 Å². The number of para-hydroxylation sites is 1. The van der Waals surface area contributed by atoms with Gasteiger partial charge in [0.2, 0.25) is 5.91 Å². The highest BCUT2D eigenvalue weighted by Crippen LogP contribution is 2.37.